The van der Waals surface area contributed by atoms with E-state index in [2.05, 4.69) is 30.3 Å². The molecule has 0 fully saturated rings. The van der Waals surface area contributed by atoms with Crippen LogP contribution in [0.5, 0.6) is 5.88 Å². The fraction of sp³-hybridized carbons (Fsp3) is 0.167. The van der Waals surface area contributed by atoms with Crippen LogP contribution in [0.15, 0.2) is 42.0 Å². The van der Waals surface area contributed by atoms with Crippen molar-refractivity contribution in [1.29, 1.82) is 0 Å². The van der Waals surface area contributed by atoms with Crippen molar-refractivity contribution in [2.75, 3.05) is 12.4 Å². The summed E-state index contributed by atoms with van der Waals surface area (Å²) < 4.78 is 23.3. The SMILES string of the molecule is COC(=O)c1nccnc1OCc1csc(NC(=O)NCc2cccc(F)c2)n1. The Morgan fingerprint density at radius 1 is 1.24 bits per heavy atom. The first-order chi connectivity index (χ1) is 14.0. The predicted octanol–water partition coefficient (Wildman–Crippen LogP) is 2.76. The monoisotopic (exact) mass is 417 g/mol. The number of anilines is 1. The van der Waals surface area contributed by atoms with Crippen molar-refractivity contribution < 1.29 is 23.5 Å². The molecule has 2 aromatic heterocycles. The number of hydrogen-bond donors (Lipinski definition) is 2. The van der Waals surface area contributed by atoms with E-state index in [0.717, 1.165) is 0 Å². The Kier molecular flexibility index (Phi) is 6.63. The quantitative estimate of drug-likeness (QED) is 0.568. The zero-order chi connectivity index (χ0) is 20.6. The van der Waals surface area contributed by atoms with Gasteiger partial charge in [-0.05, 0) is 17.7 Å². The van der Waals surface area contributed by atoms with Crippen LogP contribution in [0.1, 0.15) is 21.7 Å². The van der Waals surface area contributed by atoms with Gasteiger partial charge >= 0.3 is 12.0 Å². The number of methoxy groups -OCH3 is 1. The number of halogens is 1. The molecule has 3 rings (SSSR count). The standard InChI is InChI=1S/C18H16FN5O4S/c1-27-16(25)14-15(21-6-5-20-14)28-9-13-10-29-18(23-13)24-17(26)22-8-11-3-2-4-12(19)7-11/h2-7,10H,8-9H2,1H3,(H2,22,23,24,26). The highest BCUT2D eigenvalue weighted by Crippen LogP contribution is 2.18. The summed E-state index contributed by atoms with van der Waals surface area (Å²) in [5, 5.41) is 7.25. The number of carbonyl (C=O) groups excluding carboxylic acids is 2. The van der Waals surface area contributed by atoms with Gasteiger partial charge in [0.2, 0.25) is 11.6 Å². The summed E-state index contributed by atoms with van der Waals surface area (Å²) in [6.45, 7) is 0.194. The van der Waals surface area contributed by atoms with E-state index in [-0.39, 0.29) is 30.5 Å². The second-order valence-corrected chi connectivity index (χ2v) is 6.43. The average molecular weight is 417 g/mol. The third-order valence-corrected chi connectivity index (χ3v) is 4.32. The van der Waals surface area contributed by atoms with Crippen LogP contribution in [0.25, 0.3) is 0 Å². The molecule has 0 aliphatic rings. The zero-order valence-corrected chi connectivity index (χ0v) is 16.0. The minimum Gasteiger partial charge on any atom is -0.469 e. The molecule has 0 aliphatic heterocycles. The number of benzene rings is 1. The summed E-state index contributed by atoms with van der Waals surface area (Å²) in [7, 11) is 1.23. The van der Waals surface area contributed by atoms with Gasteiger partial charge in [0.05, 0.1) is 12.8 Å². The van der Waals surface area contributed by atoms with E-state index in [1.54, 1.807) is 17.5 Å². The maximum absolute atomic E-state index is 13.1. The maximum Gasteiger partial charge on any atom is 0.362 e. The predicted molar refractivity (Wildman–Crippen MR) is 102 cm³/mol. The van der Waals surface area contributed by atoms with Gasteiger partial charge in [0.1, 0.15) is 12.4 Å². The second-order valence-electron chi connectivity index (χ2n) is 5.57. The fourth-order valence-corrected chi connectivity index (χ4v) is 2.90. The number of nitrogens with zero attached hydrogens (tertiary/aromatic N) is 3. The van der Waals surface area contributed by atoms with Crippen LogP contribution in [0.3, 0.4) is 0 Å². The van der Waals surface area contributed by atoms with E-state index in [1.165, 1.54) is 43.0 Å². The number of urea groups is 1. The number of rotatable bonds is 7. The Bertz CT molecular complexity index is 1010. The molecular formula is C18H16FN5O4S. The maximum atomic E-state index is 13.1. The van der Waals surface area contributed by atoms with Crippen molar-refractivity contribution in [2.24, 2.45) is 0 Å². The van der Waals surface area contributed by atoms with Crippen LogP contribution < -0.4 is 15.4 Å². The molecule has 150 valence electrons. The second kappa shape index (κ2) is 9.55. The normalized spacial score (nSPS) is 10.3. The summed E-state index contributed by atoms with van der Waals surface area (Å²) in [5.41, 5.74) is 1.12. The Morgan fingerprint density at radius 2 is 2.07 bits per heavy atom. The molecule has 0 bridgehead atoms. The summed E-state index contributed by atoms with van der Waals surface area (Å²) in [4.78, 5) is 35.7. The lowest BCUT2D eigenvalue weighted by molar-refractivity contribution is 0.0586. The lowest BCUT2D eigenvalue weighted by Gasteiger charge is -2.07. The number of carbonyl (C=O) groups is 2. The number of nitrogens with one attached hydrogen (secondary N) is 2. The van der Waals surface area contributed by atoms with Gasteiger partial charge in [-0.1, -0.05) is 12.1 Å². The molecule has 11 heteroatoms. The van der Waals surface area contributed by atoms with E-state index in [9.17, 15) is 14.0 Å². The third-order valence-electron chi connectivity index (χ3n) is 3.51. The fourth-order valence-electron chi connectivity index (χ4n) is 2.21. The number of ether oxygens (including phenoxy) is 2. The van der Waals surface area contributed by atoms with Gasteiger partial charge in [-0.15, -0.1) is 11.3 Å². The molecule has 0 saturated carbocycles. The van der Waals surface area contributed by atoms with Gasteiger partial charge in [0.25, 0.3) is 0 Å². The van der Waals surface area contributed by atoms with Crippen molar-refractivity contribution >= 4 is 28.5 Å². The summed E-state index contributed by atoms with van der Waals surface area (Å²) in [6.07, 6.45) is 2.74. The van der Waals surface area contributed by atoms with Crippen molar-refractivity contribution in [3.8, 4) is 5.88 Å². The van der Waals surface area contributed by atoms with Gasteiger partial charge in [-0.3, -0.25) is 5.32 Å². The summed E-state index contributed by atoms with van der Waals surface area (Å²) in [6, 6.07) is 5.47. The van der Waals surface area contributed by atoms with Crippen LogP contribution in [-0.2, 0) is 17.9 Å². The van der Waals surface area contributed by atoms with Crippen LogP contribution in [-0.4, -0.2) is 34.1 Å². The minimum atomic E-state index is -0.663. The first kappa shape index (κ1) is 20.1. The van der Waals surface area contributed by atoms with Crippen LogP contribution in [0, 0.1) is 5.82 Å². The molecule has 2 heterocycles. The molecule has 1 aromatic carbocycles. The number of aromatic nitrogens is 3. The molecule has 0 unspecified atom stereocenters. The molecule has 0 aliphatic carbocycles. The molecule has 0 spiro atoms. The average Bonchev–Trinajstić information content (AvgIpc) is 3.17. The molecule has 29 heavy (non-hydrogen) atoms. The van der Waals surface area contributed by atoms with E-state index in [0.29, 0.717) is 16.4 Å². The largest absolute Gasteiger partial charge is 0.469 e. The lowest BCUT2D eigenvalue weighted by atomic mass is 10.2. The van der Waals surface area contributed by atoms with Gasteiger partial charge < -0.3 is 14.8 Å². The Hall–Kier alpha value is -3.60. The number of esters is 1. The first-order valence-electron chi connectivity index (χ1n) is 8.31. The minimum absolute atomic E-state index is 0.0196. The molecule has 0 radical (unpaired) electrons. The van der Waals surface area contributed by atoms with Gasteiger partial charge in [0, 0.05) is 24.3 Å². The summed E-state index contributed by atoms with van der Waals surface area (Å²) >= 11 is 1.20. The van der Waals surface area contributed by atoms with Crippen molar-refractivity contribution in [2.45, 2.75) is 13.2 Å². The highest BCUT2D eigenvalue weighted by molar-refractivity contribution is 7.13. The van der Waals surface area contributed by atoms with Crippen molar-refractivity contribution in [1.82, 2.24) is 20.3 Å². The van der Waals surface area contributed by atoms with Crippen LogP contribution in [0.2, 0.25) is 0 Å². The number of thiazole rings is 1. The molecule has 2 N–H and O–H groups in total. The van der Waals surface area contributed by atoms with Gasteiger partial charge in [-0.25, -0.2) is 28.9 Å². The molecule has 0 saturated heterocycles. The van der Waals surface area contributed by atoms with E-state index >= 15 is 0 Å². The topological polar surface area (TPSA) is 115 Å². The smallest absolute Gasteiger partial charge is 0.362 e. The van der Waals surface area contributed by atoms with Crippen LogP contribution in [0.4, 0.5) is 14.3 Å². The number of amides is 2. The lowest BCUT2D eigenvalue weighted by Crippen LogP contribution is -2.28. The highest BCUT2D eigenvalue weighted by Gasteiger charge is 2.16. The Labute approximate surface area is 168 Å². The molecule has 9 nitrogen and oxygen atoms in total. The van der Waals surface area contributed by atoms with Gasteiger partial charge in [-0.2, -0.15) is 0 Å². The first-order valence-corrected chi connectivity index (χ1v) is 9.19. The Morgan fingerprint density at radius 3 is 2.86 bits per heavy atom. The third kappa shape index (κ3) is 5.69. The highest BCUT2D eigenvalue weighted by atomic mass is 32.1. The van der Waals surface area contributed by atoms with E-state index < -0.39 is 12.0 Å². The zero-order valence-electron chi connectivity index (χ0n) is 15.2. The summed E-state index contributed by atoms with van der Waals surface area (Å²) in [5.74, 6) is -1.01. The molecule has 0 atom stereocenters. The number of hydrogen-bond acceptors (Lipinski definition) is 8. The van der Waals surface area contributed by atoms with Gasteiger partial charge in [0.15, 0.2) is 5.13 Å². The van der Waals surface area contributed by atoms with Crippen molar-refractivity contribution in [3.63, 3.8) is 0 Å². The van der Waals surface area contributed by atoms with E-state index in [1.807, 2.05) is 0 Å². The van der Waals surface area contributed by atoms with Crippen molar-refractivity contribution in [3.05, 3.63) is 64.8 Å². The molecule has 2 amide bonds. The molecule has 3 aromatic rings. The molecular weight excluding hydrogens is 401 g/mol. The van der Waals surface area contributed by atoms with E-state index in [4.69, 9.17) is 4.74 Å². The van der Waals surface area contributed by atoms with Crippen LogP contribution >= 0.6 is 11.3 Å². The Balaban J connectivity index is 1.52.